The van der Waals surface area contributed by atoms with Gasteiger partial charge in [0, 0.05) is 18.8 Å². The Balaban J connectivity index is 1.81. The van der Waals surface area contributed by atoms with E-state index in [-0.39, 0.29) is 24.3 Å². The lowest BCUT2D eigenvalue weighted by Crippen LogP contribution is -2.33. The van der Waals surface area contributed by atoms with Crippen LogP contribution >= 0.6 is 23.2 Å². The Bertz CT molecular complexity index is 864. The summed E-state index contributed by atoms with van der Waals surface area (Å²) in [6.07, 6.45) is 3.74. The number of halogens is 2. The Hall–Kier alpha value is -2.30. The van der Waals surface area contributed by atoms with Gasteiger partial charge in [-0.1, -0.05) is 47.5 Å². The lowest BCUT2D eigenvalue weighted by Gasteiger charge is -2.32. The fourth-order valence-corrected chi connectivity index (χ4v) is 3.17. The van der Waals surface area contributed by atoms with E-state index in [9.17, 15) is 9.59 Å². The van der Waals surface area contributed by atoms with Gasteiger partial charge in [0.1, 0.15) is 0 Å². The zero-order valence-corrected chi connectivity index (χ0v) is 15.0. The Labute approximate surface area is 156 Å². The minimum Gasteiger partial charge on any atom is -0.326 e. The number of benzene rings is 2. The molecule has 0 saturated carbocycles. The molecule has 1 atom stereocenters. The van der Waals surface area contributed by atoms with Crippen LogP contribution in [0.25, 0.3) is 6.08 Å². The third-order valence-electron chi connectivity index (χ3n) is 4.05. The van der Waals surface area contributed by atoms with Crippen LogP contribution in [-0.4, -0.2) is 16.7 Å². The predicted octanol–water partition coefficient (Wildman–Crippen LogP) is 4.90. The van der Waals surface area contributed by atoms with Gasteiger partial charge < -0.3 is 10.2 Å². The van der Waals surface area contributed by atoms with Crippen molar-refractivity contribution in [3.8, 4) is 0 Å². The number of amides is 2. The topological polar surface area (TPSA) is 49.4 Å². The van der Waals surface area contributed by atoms with Crippen LogP contribution in [-0.2, 0) is 9.59 Å². The highest BCUT2D eigenvalue weighted by molar-refractivity contribution is 6.42. The summed E-state index contributed by atoms with van der Waals surface area (Å²) in [7, 11) is 0. The molecule has 1 aliphatic heterocycles. The Morgan fingerprint density at radius 2 is 1.88 bits per heavy atom. The van der Waals surface area contributed by atoms with E-state index in [1.165, 1.54) is 6.92 Å². The van der Waals surface area contributed by atoms with Gasteiger partial charge >= 0.3 is 0 Å². The highest BCUT2D eigenvalue weighted by Crippen LogP contribution is 2.33. The molecule has 0 saturated heterocycles. The summed E-state index contributed by atoms with van der Waals surface area (Å²) >= 11 is 11.9. The van der Waals surface area contributed by atoms with Crippen molar-refractivity contribution in [3.63, 3.8) is 0 Å². The van der Waals surface area contributed by atoms with Crippen molar-refractivity contribution in [1.82, 2.24) is 4.90 Å². The van der Waals surface area contributed by atoms with Crippen LogP contribution < -0.4 is 5.32 Å². The smallest absolute Gasteiger partial charge is 0.226 e. The average Bonchev–Trinajstić information content (AvgIpc) is 2.58. The van der Waals surface area contributed by atoms with Crippen LogP contribution in [0.3, 0.4) is 0 Å². The van der Waals surface area contributed by atoms with E-state index in [0.29, 0.717) is 15.7 Å². The van der Waals surface area contributed by atoms with E-state index in [0.717, 1.165) is 11.1 Å². The molecule has 128 valence electrons. The molecule has 0 aromatic heterocycles. The molecule has 6 heteroatoms. The van der Waals surface area contributed by atoms with Crippen molar-refractivity contribution < 1.29 is 9.59 Å². The van der Waals surface area contributed by atoms with Gasteiger partial charge in [-0.3, -0.25) is 9.59 Å². The van der Waals surface area contributed by atoms with Crippen molar-refractivity contribution in [2.75, 3.05) is 5.32 Å². The number of anilines is 1. The van der Waals surface area contributed by atoms with Gasteiger partial charge in [-0.25, -0.2) is 0 Å². The van der Waals surface area contributed by atoms with Gasteiger partial charge in [-0.05, 0) is 35.4 Å². The van der Waals surface area contributed by atoms with Gasteiger partial charge in [-0.2, -0.15) is 0 Å². The standard InChI is InChI=1S/C19H16Cl2N2O2/c1-12(24)23-9-8-13-4-2-3-5-15(13)18(23)11-19(25)22-14-6-7-16(20)17(21)10-14/h2-10,18H,11H2,1H3,(H,22,25). The summed E-state index contributed by atoms with van der Waals surface area (Å²) in [5.74, 6) is -0.321. The lowest BCUT2D eigenvalue weighted by molar-refractivity contribution is -0.129. The SMILES string of the molecule is CC(=O)N1C=Cc2ccccc2C1CC(=O)Nc1ccc(Cl)c(Cl)c1. The molecule has 0 radical (unpaired) electrons. The van der Waals surface area contributed by atoms with Crippen molar-refractivity contribution in [3.05, 3.63) is 69.8 Å². The van der Waals surface area contributed by atoms with Crippen LogP contribution in [0.1, 0.15) is 30.5 Å². The van der Waals surface area contributed by atoms with Crippen molar-refractivity contribution >= 4 is 46.8 Å². The monoisotopic (exact) mass is 374 g/mol. The van der Waals surface area contributed by atoms with E-state index >= 15 is 0 Å². The molecule has 25 heavy (non-hydrogen) atoms. The van der Waals surface area contributed by atoms with Crippen LogP contribution in [0.2, 0.25) is 10.0 Å². The van der Waals surface area contributed by atoms with Crippen molar-refractivity contribution in [2.24, 2.45) is 0 Å². The zero-order chi connectivity index (χ0) is 18.0. The normalized spacial score (nSPS) is 15.6. The largest absolute Gasteiger partial charge is 0.326 e. The third-order valence-corrected chi connectivity index (χ3v) is 4.79. The average molecular weight is 375 g/mol. The molecular formula is C19H16Cl2N2O2. The van der Waals surface area contributed by atoms with E-state index in [4.69, 9.17) is 23.2 Å². The highest BCUT2D eigenvalue weighted by atomic mass is 35.5. The molecule has 0 bridgehead atoms. The fourth-order valence-electron chi connectivity index (χ4n) is 2.87. The molecule has 2 aromatic rings. The number of carbonyl (C=O) groups is 2. The minimum atomic E-state index is -0.346. The summed E-state index contributed by atoms with van der Waals surface area (Å²) in [5, 5.41) is 3.60. The number of nitrogens with zero attached hydrogens (tertiary/aromatic N) is 1. The first-order valence-corrected chi connectivity index (χ1v) is 8.52. The molecule has 4 nitrogen and oxygen atoms in total. The van der Waals surface area contributed by atoms with Crippen LogP contribution in [0.5, 0.6) is 0 Å². The molecule has 1 N–H and O–H groups in total. The first-order valence-electron chi connectivity index (χ1n) is 7.76. The number of hydrogen-bond acceptors (Lipinski definition) is 2. The maximum atomic E-state index is 12.5. The quantitative estimate of drug-likeness (QED) is 0.830. The van der Waals surface area contributed by atoms with Crippen LogP contribution in [0, 0.1) is 0 Å². The summed E-state index contributed by atoms with van der Waals surface area (Å²) in [6.45, 7) is 1.49. The summed E-state index contributed by atoms with van der Waals surface area (Å²) < 4.78 is 0. The molecule has 1 unspecified atom stereocenters. The first-order chi connectivity index (χ1) is 12.0. The number of hydrogen-bond donors (Lipinski definition) is 1. The molecule has 0 spiro atoms. The minimum absolute atomic E-state index is 0.113. The van der Waals surface area contributed by atoms with Crippen molar-refractivity contribution in [2.45, 2.75) is 19.4 Å². The van der Waals surface area contributed by atoms with Crippen molar-refractivity contribution in [1.29, 1.82) is 0 Å². The summed E-state index contributed by atoms with van der Waals surface area (Å²) in [4.78, 5) is 26.0. The second kappa shape index (κ2) is 7.30. The number of fused-ring (bicyclic) bond motifs is 1. The highest BCUT2D eigenvalue weighted by Gasteiger charge is 2.28. The summed E-state index contributed by atoms with van der Waals surface area (Å²) in [5.41, 5.74) is 2.52. The number of carbonyl (C=O) groups excluding carboxylic acids is 2. The molecule has 0 aliphatic carbocycles. The first kappa shape index (κ1) is 17.5. The maximum Gasteiger partial charge on any atom is 0.226 e. The Kier molecular flexibility index (Phi) is 5.11. The number of nitrogens with one attached hydrogen (secondary N) is 1. The van der Waals surface area contributed by atoms with E-state index in [1.807, 2.05) is 30.3 Å². The molecule has 2 aromatic carbocycles. The van der Waals surface area contributed by atoms with Crippen LogP contribution in [0.4, 0.5) is 5.69 Å². The van der Waals surface area contributed by atoms with E-state index in [1.54, 1.807) is 29.3 Å². The summed E-state index contributed by atoms with van der Waals surface area (Å²) in [6, 6.07) is 12.3. The molecule has 1 heterocycles. The Morgan fingerprint density at radius 1 is 1.12 bits per heavy atom. The third kappa shape index (κ3) is 3.86. The van der Waals surface area contributed by atoms with E-state index < -0.39 is 0 Å². The van der Waals surface area contributed by atoms with Gasteiger partial charge in [0.2, 0.25) is 11.8 Å². The molecule has 3 rings (SSSR count). The number of rotatable bonds is 3. The van der Waals surface area contributed by atoms with Gasteiger partial charge in [0.15, 0.2) is 0 Å². The lowest BCUT2D eigenvalue weighted by atomic mass is 9.93. The van der Waals surface area contributed by atoms with Gasteiger partial charge in [-0.15, -0.1) is 0 Å². The predicted molar refractivity (Wildman–Crippen MR) is 100 cm³/mol. The molecule has 0 fully saturated rings. The molecule has 2 amide bonds. The second-order valence-corrected chi connectivity index (χ2v) is 6.58. The maximum absolute atomic E-state index is 12.5. The Morgan fingerprint density at radius 3 is 2.60 bits per heavy atom. The zero-order valence-electron chi connectivity index (χ0n) is 13.5. The fraction of sp³-hybridized carbons (Fsp3) is 0.158. The van der Waals surface area contributed by atoms with Gasteiger partial charge in [0.25, 0.3) is 0 Å². The van der Waals surface area contributed by atoms with Crippen LogP contribution in [0.15, 0.2) is 48.7 Å². The molecule has 1 aliphatic rings. The van der Waals surface area contributed by atoms with E-state index in [2.05, 4.69) is 5.32 Å². The second-order valence-electron chi connectivity index (χ2n) is 5.77. The molecular weight excluding hydrogens is 359 g/mol. The van der Waals surface area contributed by atoms with Gasteiger partial charge in [0.05, 0.1) is 22.5 Å².